The molecule has 0 atom stereocenters. The van der Waals surface area contributed by atoms with Crippen LogP contribution in [0.25, 0.3) is 16.3 Å². The van der Waals surface area contributed by atoms with E-state index in [1.54, 1.807) is 18.7 Å². The zero-order valence-corrected chi connectivity index (χ0v) is 17.2. The Hall–Kier alpha value is -3.72. The monoisotopic (exact) mass is 421 g/mol. The fourth-order valence-corrected chi connectivity index (χ4v) is 3.84. The number of rotatable bonds is 5. The van der Waals surface area contributed by atoms with Crippen LogP contribution in [0, 0.1) is 6.92 Å². The predicted octanol–water partition coefficient (Wildman–Crippen LogP) is 2.41. The van der Waals surface area contributed by atoms with Gasteiger partial charge in [0.2, 0.25) is 5.91 Å². The van der Waals surface area contributed by atoms with Crippen molar-refractivity contribution in [3.63, 3.8) is 0 Å². The van der Waals surface area contributed by atoms with Crippen LogP contribution in [0.2, 0.25) is 0 Å². The standard InChI is InChI=1S/C21H19N5O3S/c1-14-20(21(29)26(24(14)2)15-7-4-3-5-8-15)23-18(27)12-25-13-22-16(11-19(25)28)17-9-6-10-30-17/h3-11,13H,12H2,1-2H3,(H,23,27). The Bertz CT molecular complexity index is 1320. The lowest BCUT2D eigenvalue weighted by Crippen LogP contribution is -2.29. The van der Waals surface area contributed by atoms with E-state index >= 15 is 0 Å². The number of nitrogens with one attached hydrogen (secondary N) is 1. The normalized spacial score (nSPS) is 10.9. The fourth-order valence-electron chi connectivity index (χ4n) is 3.15. The minimum Gasteiger partial charge on any atom is -0.318 e. The Balaban J connectivity index is 1.57. The second-order valence-electron chi connectivity index (χ2n) is 6.70. The SMILES string of the molecule is Cc1c(NC(=O)Cn2cnc(-c3cccs3)cc2=O)c(=O)n(-c2ccccc2)n1C. The second-order valence-corrected chi connectivity index (χ2v) is 7.65. The highest BCUT2D eigenvalue weighted by molar-refractivity contribution is 7.13. The Kier molecular flexibility index (Phi) is 5.20. The van der Waals surface area contributed by atoms with E-state index in [2.05, 4.69) is 10.3 Å². The van der Waals surface area contributed by atoms with Gasteiger partial charge in [-0.3, -0.25) is 23.6 Å². The number of hydrogen-bond donors (Lipinski definition) is 1. The van der Waals surface area contributed by atoms with Gasteiger partial charge < -0.3 is 5.32 Å². The molecule has 9 heteroatoms. The number of carbonyl (C=O) groups excluding carboxylic acids is 1. The first kappa shape index (κ1) is 19.6. The Morgan fingerprint density at radius 1 is 1.13 bits per heavy atom. The van der Waals surface area contributed by atoms with Crippen LogP contribution in [0.1, 0.15) is 5.69 Å². The summed E-state index contributed by atoms with van der Waals surface area (Å²) in [6.07, 6.45) is 1.34. The van der Waals surface area contributed by atoms with Crippen LogP contribution in [0.15, 0.2) is 69.8 Å². The molecule has 0 unspecified atom stereocenters. The van der Waals surface area contributed by atoms with Crippen LogP contribution < -0.4 is 16.4 Å². The van der Waals surface area contributed by atoms with Crippen LogP contribution in [0.5, 0.6) is 0 Å². The van der Waals surface area contributed by atoms with Crippen molar-refractivity contribution >= 4 is 22.9 Å². The molecule has 0 aliphatic rings. The summed E-state index contributed by atoms with van der Waals surface area (Å²) < 4.78 is 4.37. The number of carbonyl (C=O) groups is 1. The molecule has 4 aromatic rings. The molecule has 8 nitrogen and oxygen atoms in total. The summed E-state index contributed by atoms with van der Waals surface area (Å²) in [5, 5.41) is 4.55. The van der Waals surface area contributed by atoms with Crippen molar-refractivity contribution in [1.82, 2.24) is 18.9 Å². The maximum absolute atomic E-state index is 12.9. The van der Waals surface area contributed by atoms with Gasteiger partial charge in [0.1, 0.15) is 12.2 Å². The number of benzene rings is 1. The molecular formula is C21H19N5O3S. The zero-order valence-electron chi connectivity index (χ0n) is 16.4. The number of nitrogens with zero attached hydrogens (tertiary/aromatic N) is 4. The molecule has 1 aromatic carbocycles. The van der Waals surface area contributed by atoms with Crippen LogP contribution >= 0.6 is 11.3 Å². The molecule has 0 spiro atoms. The van der Waals surface area contributed by atoms with E-state index in [0.717, 1.165) is 4.88 Å². The second kappa shape index (κ2) is 7.96. The molecule has 1 amide bonds. The molecule has 0 radical (unpaired) electrons. The van der Waals surface area contributed by atoms with Crippen molar-refractivity contribution in [2.24, 2.45) is 7.05 Å². The summed E-state index contributed by atoms with van der Waals surface area (Å²) in [5.41, 5.74) is 1.37. The van der Waals surface area contributed by atoms with Gasteiger partial charge in [0.05, 0.1) is 28.3 Å². The third-order valence-electron chi connectivity index (χ3n) is 4.79. The van der Waals surface area contributed by atoms with Gasteiger partial charge in [-0.1, -0.05) is 24.3 Å². The van der Waals surface area contributed by atoms with E-state index in [-0.39, 0.29) is 23.4 Å². The van der Waals surface area contributed by atoms with Gasteiger partial charge in [-0.25, -0.2) is 9.67 Å². The number of para-hydroxylation sites is 1. The quantitative estimate of drug-likeness (QED) is 0.536. The zero-order chi connectivity index (χ0) is 21.3. The molecular weight excluding hydrogens is 402 g/mol. The average Bonchev–Trinajstić information content (AvgIpc) is 3.34. The molecule has 0 saturated heterocycles. The van der Waals surface area contributed by atoms with Crippen molar-refractivity contribution in [3.05, 3.63) is 86.6 Å². The molecule has 0 saturated carbocycles. The molecule has 0 bridgehead atoms. The lowest BCUT2D eigenvalue weighted by atomic mass is 10.3. The lowest BCUT2D eigenvalue weighted by molar-refractivity contribution is -0.116. The topological polar surface area (TPSA) is 90.9 Å². The third-order valence-corrected chi connectivity index (χ3v) is 5.68. The van der Waals surface area contributed by atoms with E-state index < -0.39 is 5.91 Å². The van der Waals surface area contributed by atoms with Gasteiger partial charge in [0, 0.05) is 13.1 Å². The first-order chi connectivity index (χ1) is 14.5. The van der Waals surface area contributed by atoms with Crippen LogP contribution in [0.4, 0.5) is 5.69 Å². The molecule has 3 aromatic heterocycles. The molecule has 0 aliphatic carbocycles. The molecule has 1 N–H and O–H groups in total. The van der Waals surface area contributed by atoms with Gasteiger partial charge in [0.15, 0.2) is 0 Å². The Morgan fingerprint density at radius 2 is 1.90 bits per heavy atom. The number of thiophene rings is 1. The van der Waals surface area contributed by atoms with Crippen molar-refractivity contribution in [2.75, 3.05) is 5.32 Å². The molecule has 0 fully saturated rings. The van der Waals surface area contributed by atoms with Crippen molar-refractivity contribution < 1.29 is 4.79 Å². The van der Waals surface area contributed by atoms with Crippen molar-refractivity contribution in [1.29, 1.82) is 0 Å². The predicted molar refractivity (Wildman–Crippen MR) is 116 cm³/mol. The number of amides is 1. The van der Waals surface area contributed by atoms with Gasteiger partial charge in [-0.2, -0.15) is 0 Å². The number of hydrogen-bond acceptors (Lipinski definition) is 5. The maximum Gasteiger partial charge on any atom is 0.295 e. The minimum absolute atomic E-state index is 0.183. The summed E-state index contributed by atoms with van der Waals surface area (Å²) in [7, 11) is 1.75. The number of aromatic nitrogens is 4. The first-order valence-corrected chi connectivity index (χ1v) is 10.1. The third kappa shape index (κ3) is 3.62. The highest BCUT2D eigenvalue weighted by Crippen LogP contribution is 2.20. The molecule has 3 heterocycles. The van der Waals surface area contributed by atoms with Gasteiger partial charge in [-0.05, 0) is 30.5 Å². The summed E-state index contributed by atoms with van der Waals surface area (Å²) in [6.45, 7) is 1.51. The first-order valence-electron chi connectivity index (χ1n) is 9.20. The van der Waals surface area contributed by atoms with Gasteiger partial charge in [-0.15, -0.1) is 11.3 Å². The van der Waals surface area contributed by atoms with Crippen molar-refractivity contribution in [3.8, 4) is 16.3 Å². The van der Waals surface area contributed by atoms with Crippen molar-refractivity contribution in [2.45, 2.75) is 13.5 Å². The number of anilines is 1. The summed E-state index contributed by atoms with van der Waals surface area (Å²) in [4.78, 5) is 43.0. The summed E-state index contributed by atoms with van der Waals surface area (Å²) >= 11 is 1.48. The van der Waals surface area contributed by atoms with E-state index in [1.165, 1.54) is 33.0 Å². The van der Waals surface area contributed by atoms with Crippen LogP contribution in [0.3, 0.4) is 0 Å². The van der Waals surface area contributed by atoms with E-state index in [9.17, 15) is 14.4 Å². The maximum atomic E-state index is 12.9. The van der Waals surface area contributed by atoms with E-state index in [0.29, 0.717) is 17.1 Å². The van der Waals surface area contributed by atoms with Gasteiger partial charge in [0.25, 0.3) is 11.1 Å². The Labute approximate surface area is 175 Å². The summed E-state index contributed by atoms with van der Waals surface area (Å²) in [6, 6.07) is 14.3. The molecule has 4 rings (SSSR count). The Morgan fingerprint density at radius 3 is 2.57 bits per heavy atom. The lowest BCUT2D eigenvalue weighted by Gasteiger charge is -2.07. The smallest absolute Gasteiger partial charge is 0.295 e. The summed E-state index contributed by atoms with van der Waals surface area (Å²) in [5.74, 6) is -0.478. The molecule has 0 aliphatic heterocycles. The highest BCUT2D eigenvalue weighted by Gasteiger charge is 2.18. The highest BCUT2D eigenvalue weighted by atomic mass is 32.1. The minimum atomic E-state index is -0.478. The fraction of sp³-hybridized carbons (Fsp3) is 0.143. The average molecular weight is 421 g/mol. The van der Waals surface area contributed by atoms with Gasteiger partial charge >= 0.3 is 0 Å². The van der Waals surface area contributed by atoms with E-state index in [4.69, 9.17) is 0 Å². The van der Waals surface area contributed by atoms with Crippen LogP contribution in [-0.2, 0) is 18.4 Å². The van der Waals surface area contributed by atoms with Crippen LogP contribution in [-0.4, -0.2) is 24.8 Å². The van der Waals surface area contributed by atoms with E-state index in [1.807, 2.05) is 47.8 Å². The largest absolute Gasteiger partial charge is 0.318 e. The molecule has 152 valence electrons. The molecule has 30 heavy (non-hydrogen) atoms.